The van der Waals surface area contributed by atoms with Crippen molar-refractivity contribution in [3.05, 3.63) is 39.6 Å². The summed E-state index contributed by atoms with van der Waals surface area (Å²) in [7, 11) is 0. The van der Waals surface area contributed by atoms with Gasteiger partial charge in [-0.3, -0.25) is 10.1 Å². The van der Waals surface area contributed by atoms with E-state index in [9.17, 15) is 10.1 Å². The first kappa shape index (κ1) is 15.6. The molecule has 1 fully saturated rings. The van der Waals surface area contributed by atoms with Crippen molar-refractivity contribution < 1.29 is 10.2 Å². The van der Waals surface area contributed by atoms with Gasteiger partial charge in [0, 0.05) is 29.5 Å². The van der Waals surface area contributed by atoms with E-state index in [4.69, 9.17) is 0 Å². The number of nitrogens with two attached hydrogens (primary N) is 1. The van der Waals surface area contributed by atoms with Crippen LogP contribution in [0.3, 0.4) is 0 Å². The average Bonchev–Trinajstić information content (AvgIpc) is 2.76. The maximum absolute atomic E-state index is 11.1. The molecular weight excluding hydrogens is 302 g/mol. The van der Waals surface area contributed by atoms with Crippen LogP contribution in [0, 0.1) is 10.1 Å². The molecule has 3 N–H and O–H groups in total. The number of benzene rings is 1. The summed E-state index contributed by atoms with van der Waals surface area (Å²) in [5, 5.41) is 14.7. The zero-order chi connectivity index (χ0) is 16.5. The van der Waals surface area contributed by atoms with Gasteiger partial charge in [0.05, 0.1) is 16.7 Å². The number of nitro benzene ring substituents is 1. The minimum atomic E-state index is -0.295. The minimum absolute atomic E-state index is 0.194. The monoisotopic (exact) mass is 328 g/mol. The predicted octanol–water partition coefficient (Wildman–Crippen LogP) is 3.74. The van der Waals surface area contributed by atoms with Gasteiger partial charge in [-0.25, -0.2) is 0 Å². The van der Waals surface area contributed by atoms with Crippen LogP contribution in [-0.2, 0) is 6.42 Å². The van der Waals surface area contributed by atoms with Crippen LogP contribution in [-0.4, -0.2) is 15.9 Å². The van der Waals surface area contributed by atoms with Gasteiger partial charge in [0.25, 0.3) is 5.69 Å². The van der Waals surface area contributed by atoms with Crippen LogP contribution in [0.4, 0.5) is 5.69 Å². The van der Waals surface area contributed by atoms with Crippen LogP contribution in [0.1, 0.15) is 68.7 Å². The molecule has 5 nitrogen and oxygen atoms in total. The highest BCUT2D eigenvalue weighted by Gasteiger charge is 2.30. The number of quaternary nitrogens is 1. The molecule has 1 atom stereocenters. The van der Waals surface area contributed by atoms with Crippen LogP contribution in [0.15, 0.2) is 18.2 Å². The molecule has 0 radical (unpaired) electrons. The maximum Gasteiger partial charge on any atom is 0.270 e. The summed E-state index contributed by atoms with van der Waals surface area (Å²) in [5.41, 5.74) is 3.88. The summed E-state index contributed by atoms with van der Waals surface area (Å²) in [5.74, 6) is 0. The molecule has 0 unspecified atom stereocenters. The highest BCUT2D eigenvalue weighted by atomic mass is 16.6. The lowest BCUT2D eigenvalue weighted by atomic mass is 9.90. The maximum atomic E-state index is 11.1. The highest BCUT2D eigenvalue weighted by Crippen LogP contribution is 2.35. The molecular formula is C19H26N3O2+. The largest absolute Gasteiger partial charge is 0.353 e. The molecule has 0 amide bonds. The van der Waals surface area contributed by atoms with E-state index in [-0.39, 0.29) is 10.6 Å². The quantitative estimate of drug-likeness (QED) is 0.511. The molecule has 0 aliphatic heterocycles. The molecule has 24 heavy (non-hydrogen) atoms. The van der Waals surface area contributed by atoms with Gasteiger partial charge in [-0.05, 0) is 50.2 Å². The lowest BCUT2D eigenvalue weighted by Crippen LogP contribution is -2.91. The van der Waals surface area contributed by atoms with Crippen molar-refractivity contribution in [2.24, 2.45) is 0 Å². The lowest BCUT2D eigenvalue weighted by Gasteiger charge is -2.25. The van der Waals surface area contributed by atoms with Crippen LogP contribution in [0.5, 0.6) is 0 Å². The summed E-state index contributed by atoms with van der Waals surface area (Å²) in [6.45, 7) is 0. The summed E-state index contributed by atoms with van der Waals surface area (Å²) in [4.78, 5) is 14.4. The Morgan fingerprint density at radius 1 is 1.08 bits per heavy atom. The zero-order valence-corrected chi connectivity index (χ0v) is 14.1. The number of rotatable bonds is 3. The number of non-ortho nitro benzene ring substituents is 1. The molecule has 0 bridgehead atoms. The van der Waals surface area contributed by atoms with Crippen molar-refractivity contribution in [3.63, 3.8) is 0 Å². The molecule has 0 spiro atoms. The molecule has 0 saturated heterocycles. The van der Waals surface area contributed by atoms with Crippen molar-refractivity contribution in [2.75, 3.05) is 0 Å². The highest BCUT2D eigenvalue weighted by molar-refractivity contribution is 5.87. The van der Waals surface area contributed by atoms with E-state index in [0.29, 0.717) is 6.04 Å². The Hall–Kier alpha value is -1.88. The SMILES string of the molecule is O=[N+]([O-])c1ccc2[nH]c3c(c2c1)CCC[C@H]3[NH2+]C1CCCCCC1. The number of aromatic nitrogens is 1. The number of fused-ring (bicyclic) bond motifs is 3. The fourth-order valence-electron chi connectivity index (χ4n) is 4.62. The normalized spacial score (nSPS) is 22.2. The van der Waals surface area contributed by atoms with E-state index in [1.807, 2.05) is 6.07 Å². The Morgan fingerprint density at radius 2 is 1.88 bits per heavy atom. The fraction of sp³-hybridized carbons (Fsp3) is 0.579. The average molecular weight is 328 g/mol. The van der Waals surface area contributed by atoms with Gasteiger partial charge >= 0.3 is 0 Å². The molecule has 1 saturated carbocycles. The van der Waals surface area contributed by atoms with Crippen molar-refractivity contribution in [2.45, 2.75) is 69.9 Å². The molecule has 1 aromatic carbocycles. The van der Waals surface area contributed by atoms with Crippen molar-refractivity contribution in [1.82, 2.24) is 4.98 Å². The Kier molecular flexibility index (Phi) is 4.27. The number of aromatic amines is 1. The number of hydrogen-bond acceptors (Lipinski definition) is 2. The van der Waals surface area contributed by atoms with Gasteiger partial charge in [0.15, 0.2) is 0 Å². The number of aryl methyl sites for hydroxylation is 1. The molecule has 2 aromatic rings. The molecule has 2 aliphatic carbocycles. The third-order valence-corrected chi connectivity index (χ3v) is 5.85. The summed E-state index contributed by atoms with van der Waals surface area (Å²) in [6.07, 6.45) is 11.6. The van der Waals surface area contributed by atoms with Gasteiger partial charge in [0.2, 0.25) is 0 Å². The van der Waals surface area contributed by atoms with Gasteiger partial charge < -0.3 is 10.3 Å². The van der Waals surface area contributed by atoms with Crippen LogP contribution >= 0.6 is 0 Å². The van der Waals surface area contributed by atoms with Crippen molar-refractivity contribution in [1.29, 1.82) is 0 Å². The summed E-state index contributed by atoms with van der Waals surface area (Å²) < 4.78 is 0. The predicted molar refractivity (Wildman–Crippen MR) is 94.0 cm³/mol. The second kappa shape index (κ2) is 6.55. The number of hydrogen-bond donors (Lipinski definition) is 2. The van der Waals surface area contributed by atoms with E-state index in [2.05, 4.69) is 10.3 Å². The molecule has 128 valence electrons. The van der Waals surface area contributed by atoms with Crippen molar-refractivity contribution >= 4 is 16.6 Å². The molecule has 1 heterocycles. The third kappa shape index (κ3) is 2.93. The van der Waals surface area contributed by atoms with Crippen LogP contribution in [0.25, 0.3) is 10.9 Å². The number of H-pyrrole nitrogens is 1. The Bertz CT molecular complexity index is 744. The number of nitrogens with zero attached hydrogens (tertiary/aromatic N) is 1. The molecule has 5 heteroatoms. The third-order valence-electron chi connectivity index (χ3n) is 5.85. The summed E-state index contributed by atoms with van der Waals surface area (Å²) >= 11 is 0. The molecule has 1 aromatic heterocycles. The Balaban J connectivity index is 1.64. The fourth-order valence-corrected chi connectivity index (χ4v) is 4.62. The first-order valence-corrected chi connectivity index (χ1v) is 9.36. The van der Waals surface area contributed by atoms with E-state index in [0.717, 1.165) is 23.4 Å². The standard InChI is InChI=1S/C19H25N3O2/c23-22(24)14-10-11-17-16(12-14)15-8-5-9-18(19(15)21-17)20-13-6-3-1-2-4-7-13/h10-13,18,20-21H,1-9H2/p+1/t18-/m1/s1. The zero-order valence-electron chi connectivity index (χ0n) is 14.1. The van der Waals surface area contributed by atoms with Gasteiger partial charge in [-0.15, -0.1) is 0 Å². The molecule has 4 rings (SSSR count). The van der Waals surface area contributed by atoms with E-state index >= 15 is 0 Å². The Labute approximate surface area is 142 Å². The first-order valence-electron chi connectivity index (χ1n) is 9.36. The number of nitrogens with one attached hydrogen (secondary N) is 1. The van der Waals surface area contributed by atoms with Gasteiger partial charge in [-0.2, -0.15) is 0 Å². The van der Waals surface area contributed by atoms with Crippen LogP contribution < -0.4 is 5.32 Å². The van der Waals surface area contributed by atoms with E-state index < -0.39 is 0 Å². The smallest absolute Gasteiger partial charge is 0.270 e. The van der Waals surface area contributed by atoms with Crippen molar-refractivity contribution in [3.8, 4) is 0 Å². The van der Waals surface area contributed by atoms with Gasteiger partial charge in [-0.1, -0.05) is 12.8 Å². The lowest BCUT2D eigenvalue weighted by molar-refractivity contribution is -0.730. The minimum Gasteiger partial charge on any atom is -0.353 e. The first-order chi connectivity index (χ1) is 11.7. The van der Waals surface area contributed by atoms with E-state index in [1.165, 1.54) is 62.6 Å². The van der Waals surface area contributed by atoms with Gasteiger partial charge in [0.1, 0.15) is 6.04 Å². The second-order valence-corrected chi connectivity index (χ2v) is 7.45. The molecule has 2 aliphatic rings. The summed E-state index contributed by atoms with van der Waals surface area (Å²) in [6, 6.07) is 6.45. The Morgan fingerprint density at radius 3 is 2.62 bits per heavy atom. The van der Waals surface area contributed by atoms with Crippen LogP contribution in [0.2, 0.25) is 0 Å². The second-order valence-electron chi connectivity index (χ2n) is 7.45. The number of nitro groups is 1. The topological polar surface area (TPSA) is 75.5 Å². The van der Waals surface area contributed by atoms with E-state index in [1.54, 1.807) is 12.1 Å².